The van der Waals surface area contributed by atoms with Gasteiger partial charge in [0.15, 0.2) is 12.3 Å². The predicted octanol–water partition coefficient (Wildman–Crippen LogP) is 5.26. The normalized spacial score (nSPS) is 10.7. The number of esters is 1. The van der Waals surface area contributed by atoms with Crippen LogP contribution in [0.5, 0.6) is 0 Å². The fraction of sp³-hybridized carbons (Fsp3) is 0.125. The van der Waals surface area contributed by atoms with Crippen molar-refractivity contribution in [3.8, 4) is 16.9 Å². The standard InChI is InChI=1S/C24H20N2O3S/c1-16-13-20(17(2)30-16)23(27)15-29-24(28)22-14-21(18-9-5-3-6-10-18)25-26(22)19-11-7-4-8-12-19/h3-14H,15H2,1-2H3. The van der Waals surface area contributed by atoms with Crippen molar-refractivity contribution in [2.45, 2.75) is 13.8 Å². The number of rotatable bonds is 6. The van der Waals surface area contributed by atoms with Crippen LogP contribution < -0.4 is 0 Å². The highest BCUT2D eigenvalue weighted by molar-refractivity contribution is 7.12. The maximum Gasteiger partial charge on any atom is 0.357 e. The number of Topliss-reactive ketones (excluding diaryl/α,β-unsaturated/α-hetero) is 1. The highest BCUT2D eigenvalue weighted by Crippen LogP contribution is 2.23. The summed E-state index contributed by atoms with van der Waals surface area (Å²) in [5.74, 6) is -0.800. The molecule has 2 aromatic carbocycles. The number of hydrogen-bond donors (Lipinski definition) is 0. The SMILES string of the molecule is Cc1cc(C(=O)COC(=O)c2cc(-c3ccccc3)nn2-c2ccccc2)c(C)s1. The quantitative estimate of drug-likeness (QED) is 0.318. The van der Waals surface area contributed by atoms with Gasteiger partial charge in [-0.1, -0.05) is 48.5 Å². The summed E-state index contributed by atoms with van der Waals surface area (Å²) in [5, 5.41) is 4.61. The van der Waals surface area contributed by atoms with Crippen molar-refractivity contribution in [3.63, 3.8) is 0 Å². The molecule has 0 bridgehead atoms. The number of aryl methyl sites for hydroxylation is 2. The summed E-state index contributed by atoms with van der Waals surface area (Å²) in [6.45, 7) is 3.53. The smallest absolute Gasteiger partial charge is 0.357 e. The van der Waals surface area contributed by atoms with Crippen LogP contribution >= 0.6 is 11.3 Å². The van der Waals surface area contributed by atoms with Crippen LogP contribution in [-0.4, -0.2) is 28.1 Å². The maximum atomic E-state index is 12.9. The van der Waals surface area contributed by atoms with Crippen LogP contribution in [0.25, 0.3) is 16.9 Å². The fourth-order valence-electron chi connectivity index (χ4n) is 3.23. The minimum Gasteiger partial charge on any atom is -0.453 e. The summed E-state index contributed by atoms with van der Waals surface area (Å²) in [7, 11) is 0. The monoisotopic (exact) mass is 416 g/mol. The van der Waals surface area contributed by atoms with E-state index in [2.05, 4.69) is 5.10 Å². The predicted molar refractivity (Wildman–Crippen MR) is 117 cm³/mol. The minimum atomic E-state index is -0.591. The Morgan fingerprint density at radius 1 is 0.967 bits per heavy atom. The lowest BCUT2D eigenvalue weighted by Gasteiger charge is -2.07. The third-order valence-electron chi connectivity index (χ3n) is 4.66. The molecular formula is C24H20N2O3S. The van der Waals surface area contributed by atoms with Crippen LogP contribution in [-0.2, 0) is 4.74 Å². The average Bonchev–Trinajstić information content (AvgIpc) is 3.36. The number of ether oxygens (including phenoxy) is 1. The lowest BCUT2D eigenvalue weighted by atomic mass is 10.1. The van der Waals surface area contributed by atoms with E-state index in [1.54, 1.807) is 22.1 Å². The number of hydrogen-bond acceptors (Lipinski definition) is 5. The van der Waals surface area contributed by atoms with Crippen LogP contribution in [0.1, 0.15) is 30.6 Å². The third kappa shape index (κ3) is 4.09. The molecule has 6 heteroatoms. The molecule has 30 heavy (non-hydrogen) atoms. The number of carbonyl (C=O) groups excluding carboxylic acids is 2. The second-order valence-electron chi connectivity index (χ2n) is 6.85. The first-order chi connectivity index (χ1) is 14.5. The Balaban J connectivity index is 1.62. The van der Waals surface area contributed by atoms with Crippen molar-refractivity contribution in [2.24, 2.45) is 0 Å². The molecule has 0 aliphatic heterocycles. The van der Waals surface area contributed by atoms with Crippen molar-refractivity contribution in [1.29, 1.82) is 0 Å². The van der Waals surface area contributed by atoms with Crippen molar-refractivity contribution < 1.29 is 14.3 Å². The zero-order chi connectivity index (χ0) is 21.1. The van der Waals surface area contributed by atoms with Gasteiger partial charge in [0.1, 0.15) is 0 Å². The summed E-state index contributed by atoms with van der Waals surface area (Å²) < 4.78 is 6.93. The van der Waals surface area contributed by atoms with Crippen LogP contribution in [0.4, 0.5) is 0 Å². The molecule has 0 radical (unpaired) electrons. The molecule has 4 aromatic rings. The van der Waals surface area contributed by atoms with Gasteiger partial charge >= 0.3 is 5.97 Å². The topological polar surface area (TPSA) is 61.2 Å². The summed E-state index contributed by atoms with van der Waals surface area (Å²) in [4.78, 5) is 27.4. The molecular weight excluding hydrogens is 396 g/mol. The van der Waals surface area contributed by atoms with E-state index in [9.17, 15) is 9.59 Å². The Kier molecular flexibility index (Phi) is 5.59. The molecule has 4 rings (SSSR count). The first-order valence-electron chi connectivity index (χ1n) is 9.51. The van der Waals surface area contributed by atoms with E-state index in [1.165, 1.54) is 0 Å². The number of benzene rings is 2. The van der Waals surface area contributed by atoms with Crippen molar-refractivity contribution in [3.05, 3.63) is 93.8 Å². The molecule has 0 saturated heterocycles. The molecule has 2 heterocycles. The van der Waals surface area contributed by atoms with Gasteiger partial charge in [-0.2, -0.15) is 5.10 Å². The minimum absolute atomic E-state index is 0.209. The third-order valence-corrected chi connectivity index (χ3v) is 5.63. The number of nitrogens with zero attached hydrogens (tertiary/aromatic N) is 2. The van der Waals surface area contributed by atoms with Gasteiger partial charge in [-0.3, -0.25) is 4.79 Å². The zero-order valence-electron chi connectivity index (χ0n) is 16.7. The Bertz CT molecular complexity index is 1190. The van der Waals surface area contributed by atoms with Gasteiger partial charge in [-0.15, -0.1) is 11.3 Å². The Hall–Kier alpha value is -3.51. The van der Waals surface area contributed by atoms with Crippen LogP contribution in [0.3, 0.4) is 0 Å². The second kappa shape index (κ2) is 8.47. The number of aromatic nitrogens is 2. The van der Waals surface area contributed by atoms with Crippen molar-refractivity contribution >= 4 is 23.1 Å². The Morgan fingerprint density at radius 2 is 1.63 bits per heavy atom. The van der Waals surface area contributed by atoms with Crippen LogP contribution in [0.15, 0.2) is 72.8 Å². The molecule has 0 fully saturated rings. The number of thiophene rings is 1. The number of ketones is 1. The summed E-state index contributed by atoms with van der Waals surface area (Å²) in [6, 6.07) is 22.5. The molecule has 0 N–H and O–H groups in total. The Labute approximate surface area is 178 Å². The first-order valence-corrected chi connectivity index (χ1v) is 10.3. The molecule has 5 nitrogen and oxygen atoms in total. The Morgan fingerprint density at radius 3 is 2.27 bits per heavy atom. The van der Waals surface area contributed by atoms with E-state index in [0.717, 1.165) is 21.0 Å². The van der Waals surface area contributed by atoms with E-state index in [4.69, 9.17) is 4.74 Å². The summed E-state index contributed by atoms with van der Waals surface area (Å²) in [5.41, 5.74) is 3.16. The van der Waals surface area contributed by atoms with Gasteiger partial charge in [-0.25, -0.2) is 9.48 Å². The van der Waals surface area contributed by atoms with E-state index in [-0.39, 0.29) is 18.1 Å². The van der Waals surface area contributed by atoms with E-state index in [1.807, 2.05) is 80.6 Å². The molecule has 0 saturated carbocycles. The molecule has 0 aliphatic rings. The molecule has 0 amide bonds. The van der Waals surface area contributed by atoms with Gasteiger partial charge in [-0.05, 0) is 38.1 Å². The number of carbonyl (C=O) groups is 2. The first kappa shape index (κ1) is 19.8. The van der Waals surface area contributed by atoms with E-state index < -0.39 is 5.97 Å². The molecule has 2 aromatic heterocycles. The van der Waals surface area contributed by atoms with Gasteiger partial charge in [0.25, 0.3) is 0 Å². The molecule has 0 spiro atoms. The van der Waals surface area contributed by atoms with Gasteiger partial charge in [0.05, 0.1) is 11.4 Å². The van der Waals surface area contributed by atoms with Gasteiger partial charge < -0.3 is 4.74 Å². The number of para-hydroxylation sites is 1. The second-order valence-corrected chi connectivity index (χ2v) is 8.31. The van der Waals surface area contributed by atoms with Crippen LogP contribution in [0.2, 0.25) is 0 Å². The van der Waals surface area contributed by atoms with E-state index >= 15 is 0 Å². The average molecular weight is 417 g/mol. The molecule has 0 aliphatic carbocycles. The highest BCUT2D eigenvalue weighted by atomic mass is 32.1. The molecule has 0 unspecified atom stereocenters. The largest absolute Gasteiger partial charge is 0.453 e. The molecule has 0 atom stereocenters. The van der Waals surface area contributed by atoms with Gasteiger partial charge in [0, 0.05) is 20.9 Å². The molecule has 150 valence electrons. The van der Waals surface area contributed by atoms with Crippen molar-refractivity contribution in [2.75, 3.05) is 6.61 Å². The van der Waals surface area contributed by atoms with Crippen molar-refractivity contribution in [1.82, 2.24) is 9.78 Å². The van der Waals surface area contributed by atoms with Gasteiger partial charge in [0.2, 0.25) is 5.78 Å². The lowest BCUT2D eigenvalue weighted by Crippen LogP contribution is -2.17. The maximum absolute atomic E-state index is 12.9. The van der Waals surface area contributed by atoms with E-state index in [0.29, 0.717) is 11.3 Å². The highest BCUT2D eigenvalue weighted by Gasteiger charge is 2.21. The fourth-order valence-corrected chi connectivity index (χ4v) is 4.18. The summed E-state index contributed by atoms with van der Waals surface area (Å²) in [6.07, 6.45) is 0. The zero-order valence-corrected chi connectivity index (χ0v) is 17.5. The summed E-state index contributed by atoms with van der Waals surface area (Å²) >= 11 is 1.55. The van der Waals surface area contributed by atoms with Crippen LogP contribution in [0, 0.1) is 13.8 Å². The lowest BCUT2D eigenvalue weighted by molar-refractivity contribution is 0.0465.